The van der Waals surface area contributed by atoms with Crippen LogP contribution in [0.2, 0.25) is 0 Å². The lowest BCUT2D eigenvalue weighted by molar-refractivity contribution is -0.121. The van der Waals surface area contributed by atoms with Gasteiger partial charge in [-0.25, -0.2) is 0 Å². The van der Waals surface area contributed by atoms with Gasteiger partial charge in [-0.2, -0.15) is 0 Å². The number of oxime groups is 1. The molecule has 0 aromatic heterocycles. The minimum atomic E-state index is -0.272. The molecule has 0 aliphatic carbocycles. The molecule has 0 saturated carbocycles. The zero-order valence-corrected chi connectivity index (χ0v) is 13.9. The van der Waals surface area contributed by atoms with Gasteiger partial charge in [0, 0.05) is 24.9 Å². The molecular weight excluding hydrogens is 268 g/mol. The van der Waals surface area contributed by atoms with E-state index in [1.54, 1.807) is 0 Å². The van der Waals surface area contributed by atoms with Crippen LogP contribution in [0.25, 0.3) is 0 Å². The predicted octanol–water partition coefficient (Wildman–Crippen LogP) is 1.68. The summed E-state index contributed by atoms with van der Waals surface area (Å²) in [5.41, 5.74) is 5.36. The van der Waals surface area contributed by atoms with Gasteiger partial charge in [-0.05, 0) is 25.3 Å². The minimum absolute atomic E-state index is 0.101. The van der Waals surface area contributed by atoms with Gasteiger partial charge in [0.1, 0.15) is 5.84 Å². The highest BCUT2D eigenvalue weighted by atomic mass is 16.4. The molecule has 0 aromatic carbocycles. The first kappa shape index (κ1) is 19.7. The highest BCUT2D eigenvalue weighted by molar-refractivity contribution is 5.85. The average Bonchev–Trinajstić information content (AvgIpc) is 2.42. The molecule has 0 aliphatic rings. The van der Waals surface area contributed by atoms with E-state index in [0.29, 0.717) is 18.9 Å². The van der Waals surface area contributed by atoms with Gasteiger partial charge in [0.05, 0.1) is 0 Å². The fourth-order valence-electron chi connectivity index (χ4n) is 1.81. The monoisotopic (exact) mass is 300 g/mol. The number of nitrogens with two attached hydrogens (primary N) is 1. The van der Waals surface area contributed by atoms with Gasteiger partial charge in [-0.15, -0.1) is 0 Å². The number of carbonyl (C=O) groups is 1. The molecule has 0 spiro atoms. The highest BCUT2D eigenvalue weighted by Gasteiger charge is 2.22. The van der Waals surface area contributed by atoms with Gasteiger partial charge in [0.2, 0.25) is 5.91 Å². The first-order valence-electron chi connectivity index (χ1n) is 7.75. The van der Waals surface area contributed by atoms with Crippen LogP contribution in [0.4, 0.5) is 0 Å². The Bertz CT molecular complexity index is 328. The lowest BCUT2D eigenvalue weighted by atomic mass is 9.86. The smallest absolute Gasteiger partial charge is 0.221 e. The SMILES string of the molecule is CC(C)CNC(=O)CCNCCCCC(C)(C)C(N)=NO. The Hall–Kier alpha value is -1.30. The van der Waals surface area contributed by atoms with E-state index in [4.69, 9.17) is 10.9 Å². The van der Waals surface area contributed by atoms with Gasteiger partial charge in [0.15, 0.2) is 0 Å². The van der Waals surface area contributed by atoms with Gasteiger partial charge >= 0.3 is 0 Å². The summed E-state index contributed by atoms with van der Waals surface area (Å²) in [5.74, 6) is 0.863. The summed E-state index contributed by atoms with van der Waals surface area (Å²) >= 11 is 0. The molecule has 5 N–H and O–H groups in total. The van der Waals surface area contributed by atoms with Crippen molar-refractivity contribution in [2.45, 2.75) is 53.4 Å². The van der Waals surface area contributed by atoms with E-state index in [1.165, 1.54) is 0 Å². The first-order chi connectivity index (χ1) is 9.79. The molecule has 1 amide bonds. The third-order valence-electron chi connectivity index (χ3n) is 3.44. The van der Waals surface area contributed by atoms with Gasteiger partial charge < -0.3 is 21.6 Å². The van der Waals surface area contributed by atoms with Crippen molar-refractivity contribution < 1.29 is 10.0 Å². The molecule has 124 valence electrons. The molecule has 21 heavy (non-hydrogen) atoms. The van der Waals surface area contributed by atoms with E-state index in [9.17, 15) is 4.79 Å². The predicted molar refractivity (Wildman–Crippen MR) is 86.4 cm³/mol. The fraction of sp³-hybridized carbons (Fsp3) is 0.867. The normalized spacial score (nSPS) is 12.7. The molecular formula is C15H32N4O2. The maximum absolute atomic E-state index is 11.5. The maximum Gasteiger partial charge on any atom is 0.221 e. The van der Waals surface area contributed by atoms with Crippen LogP contribution < -0.4 is 16.4 Å². The quantitative estimate of drug-likeness (QED) is 0.153. The van der Waals surface area contributed by atoms with E-state index in [2.05, 4.69) is 29.6 Å². The molecule has 0 unspecified atom stereocenters. The number of hydrogen-bond donors (Lipinski definition) is 4. The van der Waals surface area contributed by atoms with Crippen LogP contribution in [0.5, 0.6) is 0 Å². The van der Waals surface area contributed by atoms with Crippen LogP contribution in [0.3, 0.4) is 0 Å². The van der Waals surface area contributed by atoms with Crippen molar-refractivity contribution in [3.05, 3.63) is 0 Å². The number of unbranched alkanes of at least 4 members (excludes halogenated alkanes) is 1. The number of amides is 1. The molecule has 0 aromatic rings. The average molecular weight is 300 g/mol. The summed E-state index contributed by atoms with van der Waals surface area (Å²) in [7, 11) is 0. The third-order valence-corrected chi connectivity index (χ3v) is 3.44. The number of amidine groups is 1. The summed E-state index contributed by atoms with van der Waals surface area (Å²) < 4.78 is 0. The molecule has 6 nitrogen and oxygen atoms in total. The van der Waals surface area contributed by atoms with Crippen LogP contribution in [0.1, 0.15) is 53.4 Å². The topological polar surface area (TPSA) is 99.7 Å². The Morgan fingerprint density at radius 3 is 2.52 bits per heavy atom. The van der Waals surface area contributed by atoms with Crippen molar-refractivity contribution in [1.29, 1.82) is 0 Å². The van der Waals surface area contributed by atoms with Crippen LogP contribution in [-0.4, -0.2) is 36.6 Å². The molecule has 0 atom stereocenters. The van der Waals surface area contributed by atoms with E-state index < -0.39 is 0 Å². The van der Waals surface area contributed by atoms with Crippen molar-refractivity contribution >= 4 is 11.7 Å². The van der Waals surface area contributed by atoms with Crippen LogP contribution in [0.15, 0.2) is 5.16 Å². The number of nitrogens with one attached hydrogen (secondary N) is 2. The molecule has 0 fully saturated rings. The van der Waals surface area contributed by atoms with Crippen molar-refractivity contribution in [1.82, 2.24) is 10.6 Å². The van der Waals surface area contributed by atoms with E-state index in [1.807, 2.05) is 13.8 Å². The second-order valence-electron chi connectivity index (χ2n) is 6.52. The van der Waals surface area contributed by atoms with Crippen LogP contribution in [-0.2, 0) is 4.79 Å². The van der Waals surface area contributed by atoms with Gasteiger partial charge in [-0.3, -0.25) is 4.79 Å². The molecule has 6 heteroatoms. The van der Waals surface area contributed by atoms with Gasteiger partial charge in [-0.1, -0.05) is 39.3 Å². The summed E-state index contributed by atoms with van der Waals surface area (Å²) in [6.45, 7) is 10.4. The largest absolute Gasteiger partial charge is 0.409 e. The minimum Gasteiger partial charge on any atom is -0.409 e. The third kappa shape index (κ3) is 10.1. The van der Waals surface area contributed by atoms with Crippen LogP contribution >= 0.6 is 0 Å². The van der Waals surface area contributed by atoms with E-state index in [-0.39, 0.29) is 17.2 Å². The van der Waals surface area contributed by atoms with Crippen molar-refractivity contribution in [2.75, 3.05) is 19.6 Å². The summed E-state index contributed by atoms with van der Waals surface area (Å²) in [6.07, 6.45) is 3.40. The van der Waals surface area contributed by atoms with Crippen molar-refractivity contribution in [2.24, 2.45) is 22.2 Å². The second kappa shape index (κ2) is 10.4. The zero-order valence-electron chi connectivity index (χ0n) is 13.9. The Morgan fingerprint density at radius 1 is 1.29 bits per heavy atom. The second-order valence-corrected chi connectivity index (χ2v) is 6.52. The number of rotatable bonds is 11. The Balaban J connectivity index is 3.55. The molecule has 0 radical (unpaired) electrons. The Morgan fingerprint density at radius 2 is 1.95 bits per heavy atom. The first-order valence-corrected chi connectivity index (χ1v) is 7.75. The summed E-state index contributed by atoms with van der Waals surface area (Å²) in [6, 6.07) is 0. The Labute approximate surface area is 128 Å². The van der Waals surface area contributed by atoms with E-state index >= 15 is 0 Å². The Kier molecular flexibility index (Phi) is 9.78. The van der Waals surface area contributed by atoms with Crippen LogP contribution in [0, 0.1) is 11.3 Å². The summed E-state index contributed by atoms with van der Waals surface area (Å²) in [4.78, 5) is 11.5. The molecule has 0 heterocycles. The fourth-order valence-corrected chi connectivity index (χ4v) is 1.81. The lowest BCUT2D eigenvalue weighted by Crippen LogP contribution is -2.32. The standard InChI is InChI=1S/C15H32N4O2/c1-12(2)11-18-13(20)7-10-17-9-6-5-8-15(3,4)14(16)19-21/h12,17,21H,5-11H2,1-4H3,(H2,16,19)(H,18,20). The lowest BCUT2D eigenvalue weighted by Gasteiger charge is -2.22. The number of carbonyl (C=O) groups excluding carboxylic acids is 1. The number of nitrogens with zero attached hydrogens (tertiary/aromatic N) is 1. The molecule has 0 rings (SSSR count). The molecule has 0 aliphatic heterocycles. The zero-order chi connectivity index (χ0) is 16.3. The molecule has 0 saturated heterocycles. The van der Waals surface area contributed by atoms with Crippen molar-refractivity contribution in [3.8, 4) is 0 Å². The maximum atomic E-state index is 11.5. The van der Waals surface area contributed by atoms with E-state index in [0.717, 1.165) is 32.4 Å². The van der Waals surface area contributed by atoms with Crippen molar-refractivity contribution in [3.63, 3.8) is 0 Å². The highest BCUT2D eigenvalue weighted by Crippen LogP contribution is 2.22. The number of hydrogen-bond acceptors (Lipinski definition) is 4. The summed E-state index contributed by atoms with van der Waals surface area (Å²) in [5, 5.41) is 17.9. The van der Waals surface area contributed by atoms with Gasteiger partial charge in [0.25, 0.3) is 0 Å². The molecule has 0 bridgehead atoms.